The minimum Gasteiger partial charge on any atom is -0.380 e. The van der Waals surface area contributed by atoms with Crippen LogP contribution in [-0.2, 0) is 16.1 Å². The van der Waals surface area contributed by atoms with E-state index in [1.165, 1.54) is 0 Å². The van der Waals surface area contributed by atoms with Gasteiger partial charge in [-0.05, 0) is 31.7 Å². The highest BCUT2D eigenvalue weighted by molar-refractivity contribution is 5.92. The van der Waals surface area contributed by atoms with Crippen LogP contribution in [0.1, 0.15) is 12.5 Å². The maximum atomic E-state index is 11.8. The fraction of sp³-hybridized carbons (Fsp3) is 0.500. The number of nitrogens with zero attached hydrogens (tertiary/aromatic N) is 1. The van der Waals surface area contributed by atoms with Crippen molar-refractivity contribution in [2.45, 2.75) is 13.5 Å². The molecule has 1 aromatic rings. The molecule has 0 bridgehead atoms. The van der Waals surface area contributed by atoms with E-state index in [1.54, 1.807) is 0 Å². The van der Waals surface area contributed by atoms with Crippen molar-refractivity contribution in [3.63, 3.8) is 0 Å². The molecule has 5 heteroatoms. The summed E-state index contributed by atoms with van der Waals surface area (Å²) in [7, 11) is 1.90. The maximum Gasteiger partial charge on any atom is 0.238 e. The van der Waals surface area contributed by atoms with Gasteiger partial charge in [0.1, 0.15) is 0 Å². The largest absolute Gasteiger partial charge is 0.380 e. The van der Waals surface area contributed by atoms with E-state index in [0.29, 0.717) is 26.3 Å². The molecule has 1 amide bonds. The first kappa shape index (κ1) is 15.6. The normalized spacial score (nSPS) is 10.7. The number of likely N-dealkylation sites (N-methyl/N-ethyl adjacent to an activating group) is 1. The second-order valence-electron chi connectivity index (χ2n) is 4.39. The van der Waals surface area contributed by atoms with E-state index in [1.807, 2.05) is 43.1 Å². The van der Waals surface area contributed by atoms with E-state index in [-0.39, 0.29) is 5.91 Å². The molecule has 0 aliphatic carbocycles. The second kappa shape index (κ2) is 8.63. The number of anilines is 1. The van der Waals surface area contributed by atoms with Gasteiger partial charge in [0.25, 0.3) is 0 Å². The number of carbonyl (C=O) groups excluding carboxylic acids is 1. The van der Waals surface area contributed by atoms with Gasteiger partial charge in [-0.3, -0.25) is 9.69 Å². The standard InChI is InChI=1S/C14H23N3O2/c1-3-19-8-7-17(2)11-14(18)16-13-6-4-5-12(9-13)10-15/h4-6,9H,3,7-8,10-11,15H2,1-2H3,(H,16,18). The van der Waals surface area contributed by atoms with Gasteiger partial charge in [0.05, 0.1) is 13.2 Å². The molecule has 3 N–H and O–H groups in total. The molecule has 0 aliphatic rings. The number of nitrogens with one attached hydrogen (secondary N) is 1. The Balaban J connectivity index is 2.37. The number of amides is 1. The van der Waals surface area contributed by atoms with Crippen LogP contribution in [0, 0.1) is 0 Å². The molecule has 0 saturated carbocycles. The van der Waals surface area contributed by atoms with Crippen LogP contribution in [0.4, 0.5) is 5.69 Å². The fourth-order valence-electron chi connectivity index (χ4n) is 1.67. The SMILES string of the molecule is CCOCCN(C)CC(=O)Nc1cccc(CN)c1. The number of hydrogen-bond donors (Lipinski definition) is 2. The molecule has 0 aliphatic heterocycles. The number of carbonyl (C=O) groups is 1. The van der Waals surface area contributed by atoms with Crippen molar-refractivity contribution in [3.05, 3.63) is 29.8 Å². The Morgan fingerprint density at radius 3 is 2.95 bits per heavy atom. The third-order valence-corrected chi connectivity index (χ3v) is 2.68. The molecule has 5 nitrogen and oxygen atoms in total. The summed E-state index contributed by atoms with van der Waals surface area (Å²) >= 11 is 0. The van der Waals surface area contributed by atoms with E-state index < -0.39 is 0 Å². The van der Waals surface area contributed by atoms with Gasteiger partial charge in [0.2, 0.25) is 5.91 Å². The lowest BCUT2D eigenvalue weighted by Gasteiger charge is -2.16. The average molecular weight is 265 g/mol. The summed E-state index contributed by atoms with van der Waals surface area (Å²) in [5.41, 5.74) is 7.35. The van der Waals surface area contributed by atoms with Crippen LogP contribution in [0.2, 0.25) is 0 Å². The lowest BCUT2D eigenvalue weighted by atomic mass is 10.2. The number of ether oxygens (including phenoxy) is 1. The molecule has 0 spiro atoms. The topological polar surface area (TPSA) is 67.6 Å². The molecular weight excluding hydrogens is 242 g/mol. The van der Waals surface area contributed by atoms with Crippen molar-refractivity contribution < 1.29 is 9.53 Å². The van der Waals surface area contributed by atoms with Crippen molar-refractivity contribution in [3.8, 4) is 0 Å². The maximum absolute atomic E-state index is 11.8. The van der Waals surface area contributed by atoms with Crippen molar-refractivity contribution >= 4 is 11.6 Å². The Hall–Kier alpha value is -1.43. The minimum atomic E-state index is -0.0341. The molecular formula is C14H23N3O2. The zero-order chi connectivity index (χ0) is 14.1. The molecule has 0 aromatic heterocycles. The van der Waals surface area contributed by atoms with Crippen molar-refractivity contribution in [2.75, 3.05) is 38.7 Å². The predicted molar refractivity (Wildman–Crippen MR) is 77.0 cm³/mol. The van der Waals surface area contributed by atoms with Crippen LogP contribution in [0.5, 0.6) is 0 Å². The number of hydrogen-bond acceptors (Lipinski definition) is 4. The van der Waals surface area contributed by atoms with Gasteiger partial charge in [-0.2, -0.15) is 0 Å². The van der Waals surface area contributed by atoms with Gasteiger partial charge in [0.15, 0.2) is 0 Å². The molecule has 0 unspecified atom stereocenters. The quantitative estimate of drug-likeness (QED) is 0.690. The van der Waals surface area contributed by atoms with Crippen LogP contribution in [-0.4, -0.2) is 44.2 Å². The van der Waals surface area contributed by atoms with Gasteiger partial charge < -0.3 is 15.8 Å². The van der Waals surface area contributed by atoms with Crippen molar-refractivity contribution in [1.29, 1.82) is 0 Å². The number of nitrogens with two attached hydrogens (primary N) is 1. The van der Waals surface area contributed by atoms with Crippen molar-refractivity contribution in [1.82, 2.24) is 4.90 Å². The average Bonchev–Trinajstić information content (AvgIpc) is 2.39. The lowest BCUT2D eigenvalue weighted by Crippen LogP contribution is -2.32. The van der Waals surface area contributed by atoms with Crippen LogP contribution in [0.15, 0.2) is 24.3 Å². The molecule has 0 saturated heterocycles. The van der Waals surface area contributed by atoms with Gasteiger partial charge in [0, 0.05) is 25.4 Å². The molecule has 0 atom stereocenters. The highest BCUT2D eigenvalue weighted by Gasteiger charge is 2.06. The summed E-state index contributed by atoms with van der Waals surface area (Å²) in [6, 6.07) is 7.57. The Morgan fingerprint density at radius 1 is 1.47 bits per heavy atom. The van der Waals surface area contributed by atoms with Gasteiger partial charge >= 0.3 is 0 Å². The monoisotopic (exact) mass is 265 g/mol. The van der Waals surface area contributed by atoms with Gasteiger partial charge in [-0.15, -0.1) is 0 Å². The zero-order valence-electron chi connectivity index (χ0n) is 11.7. The Morgan fingerprint density at radius 2 is 2.26 bits per heavy atom. The third kappa shape index (κ3) is 6.33. The summed E-state index contributed by atoms with van der Waals surface area (Å²) in [5.74, 6) is -0.0341. The molecule has 0 fully saturated rings. The van der Waals surface area contributed by atoms with Crippen LogP contribution < -0.4 is 11.1 Å². The first-order chi connectivity index (χ1) is 9.15. The summed E-state index contributed by atoms with van der Waals surface area (Å²) in [4.78, 5) is 13.8. The number of benzene rings is 1. The van der Waals surface area contributed by atoms with E-state index >= 15 is 0 Å². The predicted octanol–water partition coefficient (Wildman–Crippen LogP) is 1.05. The van der Waals surface area contributed by atoms with Crippen LogP contribution >= 0.6 is 0 Å². The summed E-state index contributed by atoms with van der Waals surface area (Å²) in [6.45, 7) is 4.86. The van der Waals surface area contributed by atoms with Crippen molar-refractivity contribution in [2.24, 2.45) is 5.73 Å². The summed E-state index contributed by atoms with van der Waals surface area (Å²) < 4.78 is 5.25. The summed E-state index contributed by atoms with van der Waals surface area (Å²) in [5, 5.41) is 2.86. The molecule has 0 radical (unpaired) electrons. The Labute approximate surface area is 114 Å². The van der Waals surface area contributed by atoms with Gasteiger partial charge in [-0.1, -0.05) is 12.1 Å². The second-order valence-corrected chi connectivity index (χ2v) is 4.39. The highest BCUT2D eigenvalue weighted by atomic mass is 16.5. The van der Waals surface area contributed by atoms with Crippen LogP contribution in [0.25, 0.3) is 0 Å². The van der Waals surface area contributed by atoms with E-state index in [0.717, 1.165) is 17.8 Å². The minimum absolute atomic E-state index is 0.0341. The smallest absolute Gasteiger partial charge is 0.238 e. The highest BCUT2D eigenvalue weighted by Crippen LogP contribution is 2.09. The first-order valence-corrected chi connectivity index (χ1v) is 6.50. The van der Waals surface area contributed by atoms with E-state index in [4.69, 9.17) is 10.5 Å². The van der Waals surface area contributed by atoms with E-state index in [9.17, 15) is 4.79 Å². The third-order valence-electron chi connectivity index (χ3n) is 2.68. The first-order valence-electron chi connectivity index (χ1n) is 6.50. The molecule has 19 heavy (non-hydrogen) atoms. The summed E-state index contributed by atoms with van der Waals surface area (Å²) in [6.07, 6.45) is 0. The molecule has 1 rings (SSSR count). The Bertz CT molecular complexity index is 396. The molecule has 1 aromatic carbocycles. The van der Waals surface area contributed by atoms with E-state index in [2.05, 4.69) is 5.32 Å². The zero-order valence-corrected chi connectivity index (χ0v) is 11.7. The number of rotatable bonds is 8. The molecule has 0 heterocycles. The molecule has 106 valence electrons. The van der Waals surface area contributed by atoms with Crippen LogP contribution in [0.3, 0.4) is 0 Å². The fourth-order valence-corrected chi connectivity index (χ4v) is 1.67. The lowest BCUT2D eigenvalue weighted by molar-refractivity contribution is -0.117. The Kier molecular flexibility index (Phi) is 7.10. The van der Waals surface area contributed by atoms with Gasteiger partial charge in [-0.25, -0.2) is 0 Å².